The molecule has 2 aromatic rings. The monoisotopic (exact) mass is 248 g/mol. The highest BCUT2D eigenvalue weighted by molar-refractivity contribution is 6.30. The van der Waals surface area contributed by atoms with E-state index in [9.17, 15) is 4.79 Å². The molecule has 1 heterocycles. The zero-order valence-electron chi connectivity index (χ0n) is 9.56. The molecule has 88 valence electrons. The second kappa shape index (κ2) is 5.15. The van der Waals surface area contributed by atoms with Crippen LogP contribution in [0.1, 0.15) is 23.1 Å². The fourth-order valence-electron chi connectivity index (χ4n) is 1.68. The first kappa shape index (κ1) is 11.9. The lowest BCUT2D eigenvalue weighted by Gasteiger charge is -2.04. The fourth-order valence-corrected chi connectivity index (χ4v) is 1.81. The van der Waals surface area contributed by atoms with E-state index in [0.29, 0.717) is 17.3 Å². The predicted molar refractivity (Wildman–Crippen MR) is 67.4 cm³/mol. The quantitative estimate of drug-likeness (QED) is 0.780. The number of rotatable bonds is 4. The molecule has 0 bridgehead atoms. The Balaban J connectivity index is 2.14. The Bertz CT molecular complexity index is 516. The van der Waals surface area contributed by atoms with E-state index in [1.165, 1.54) is 0 Å². The van der Waals surface area contributed by atoms with Crippen molar-refractivity contribution in [2.45, 2.75) is 19.9 Å². The normalized spacial score (nSPS) is 10.5. The molecule has 0 aliphatic rings. The van der Waals surface area contributed by atoms with Crippen LogP contribution in [0.4, 0.5) is 0 Å². The lowest BCUT2D eigenvalue weighted by Crippen LogP contribution is -2.11. The third-order valence-electron chi connectivity index (χ3n) is 2.58. The number of nitrogens with zero attached hydrogens (tertiary/aromatic N) is 2. The molecule has 1 aromatic heterocycles. The minimum atomic E-state index is 0.0270. The summed E-state index contributed by atoms with van der Waals surface area (Å²) in [5.41, 5.74) is 0.949. The largest absolute Gasteiger partial charge is 0.329 e. The molecule has 0 N–H and O–H groups in total. The number of aryl methyl sites for hydroxylation is 1. The highest BCUT2D eigenvalue weighted by atomic mass is 35.5. The number of Topliss-reactive ketones (excluding diaryl/α,β-unsaturated/α-hetero) is 1. The SMILES string of the molecule is CCn1ccnc1C(=O)Cc1ccc(Cl)cc1. The first-order valence-electron chi connectivity index (χ1n) is 5.49. The van der Waals surface area contributed by atoms with Crippen LogP contribution < -0.4 is 0 Å². The lowest BCUT2D eigenvalue weighted by molar-refractivity contribution is 0.0979. The van der Waals surface area contributed by atoms with Gasteiger partial charge >= 0.3 is 0 Å². The van der Waals surface area contributed by atoms with Crippen LogP contribution in [0.25, 0.3) is 0 Å². The van der Waals surface area contributed by atoms with Gasteiger partial charge in [-0.15, -0.1) is 0 Å². The molecular weight excluding hydrogens is 236 g/mol. The van der Waals surface area contributed by atoms with Crippen LogP contribution in [0.2, 0.25) is 5.02 Å². The standard InChI is InChI=1S/C13H13ClN2O/c1-2-16-8-7-15-13(16)12(17)9-10-3-5-11(14)6-4-10/h3-8H,2,9H2,1H3. The van der Waals surface area contributed by atoms with Crippen molar-refractivity contribution in [1.29, 1.82) is 0 Å². The van der Waals surface area contributed by atoms with Gasteiger partial charge in [-0.3, -0.25) is 4.79 Å². The summed E-state index contributed by atoms with van der Waals surface area (Å²) in [4.78, 5) is 16.1. The second-order valence-electron chi connectivity index (χ2n) is 3.76. The molecule has 0 atom stereocenters. The highest BCUT2D eigenvalue weighted by Crippen LogP contribution is 2.11. The molecule has 0 saturated heterocycles. The molecule has 1 aromatic carbocycles. The van der Waals surface area contributed by atoms with Crippen molar-refractivity contribution in [3.8, 4) is 0 Å². The number of ketones is 1. The minimum absolute atomic E-state index is 0.0270. The zero-order valence-corrected chi connectivity index (χ0v) is 10.3. The van der Waals surface area contributed by atoms with E-state index in [1.54, 1.807) is 18.3 Å². The number of imidazole rings is 1. The molecule has 17 heavy (non-hydrogen) atoms. The van der Waals surface area contributed by atoms with E-state index in [4.69, 9.17) is 11.6 Å². The van der Waals surface area contributed by atoms with E-state index in [-0.39, 0.29) is 5.78 Å². The Morgan fingerprint density at radius 1 is 1.35 bits per heavy atom. The van der Waals surface area contributed by atoms with Crippen LogP contribution in [0.3, 0.4) is 0 Å². The third kappa shape index (κ3) is 2.74. The van der Waals surface area contributed by atoms with Gasteiger partial charge in [-0.2, -0.15) is 0 Å². The van der Waals surface area contributed by atoms with Gasteiger partial charge in [-0.25, -0.2) is 4.98 Å². The van der Waals surface area contributed by atoms with Crippen molar-refractivity contribution in [2.24, 2.45) is 0 Å². The molecule has 0 unspecified atom stereocenters. The Kier molecular flexibility index (Phi) is 3.59. The number of halogens is 1. The van der Waals surface area contributed by atoms with E-state index in [0.717, 1.165) is 12.1 Å². The van der Waals surface area contributed by atoms with Gasteiger partial charge in [0.15, 0.2) is 5.82 Å². The Hall–Kier alpha value is -1.61. The number of carbonyl (C=O) groups is 1. The van der Waals surface area contributed by atoms with Crippen molar-refractivity contribution in [1.82, 2.24) is 9.55 Å². The van der Waals surface area contributed by atoms with Gasteiger partial charge in [0.05, 0.1) is 0 Å². The van der Waals surface area contributed by atoms with Crippen molar-refractivity contribution in [2.75, 3.05) is 0 Å². The third-order valence-corrected chi connectivity index (χ3v) is 2.84. The topological polar surface area (TPSA) is 34.9 Å². The average Bonchev–Trinajstić information content (AvgIpc) is 2.80. The summed E-state index contributed by atoms with van der Waals surface area (Å²) in [5.74, 6) is 0.543. The van der Waals surface area contributed by atoms with Gasteiger partial charge in [-0.05, 0) is 24.6 Å². The molecular formula is C13H13ClN2O. The first-order chi connectivity index (χ1) is 8.20. The Morgan fingerprint density at radius 3 is 2.71 bits per heavy atom. The summed E-state index contributed by atoms with van der Waals surface area (Å²) in [7, 11) is 0. The van der Waals surface area contributed by atoms with Crippen molar-refractivity contribution in [3.05, 3.63) is 53.1 Å². The van der Waals surface area contributed by atoms with Crippen LogP contribution in [-0.2, 0) is 13.0 Å². The average molecular weight is 249 g/mol. The van der Waals surface area contributed by atoms with E-state index in [1.807, 2.05) is 29.8 Å². The molecule has 0 spiro atoms. The maximum absolute atomic E-state index is 12.0. The van der Waals surface area contributed by atoms with Gasteiger partial charge in [0, 0.05) is 30.4 Å². The van der Waals surface area contributed by atoms with E-state index >= 15 is 0 Å². The molecule has 0 radical (unpaired) electrons. The number of carbonyl (C=O) groups excluding carboxylic acids is 1. The molecule has 3 nitrogen and oxygen atoms in total. The molecule has 0 aliphatic heterocycles. The second-order valence-corrected chi connectivity index (χ2v) is 4.20. The highest BCUT2D eigenvalue weighted by Gasteiger charge is 2.12. The predicted octanol–water partition coefficient (Wildman–Crippen LogP) is 2.98. The zero-order chi connectivity index (χ0) is 12.3. The summed E-state index contributed by atoms with van der Waals surface area (Å²) in [6.07, 6.45) is 3.82. The fraction of sp³-hybridized carbons (Fsp3) is 0.231. The summed E-state index contributed by atoms with van der Waals surface area (Å²) >= 11 is 5.79. The number of hydrogen-bond acceptors (Lipinski definition) is 2. The Labute approximate surface area is 105 Å². The van der Waals surface area contributed by atoms with Crippen molar-refractivity contribution < 1.29 is 4.79 Å². The van der Waals surface area contributed by atoms with Crippen LogP contribution in [0.5, 0.6) is 0 Å². The first-order valence-corrected chi connectivity index (χ1v) is 5.87. The van der Waals surface area contributed by atoms with E-state index in [2.05, 4.69) is 4.98 Å². The van der Waals surface area contributed by atoms with Crippen LogP contribution in [0, 0.1) is 0 Å². The molecule has 0 amide bonds. The van der Waals surface area contributed by atoms with Gasteiger partial charge in [0.2, 0.25) is 5.78 Å². The lowest BCUT2D eigenvalue weighted by atomic mass is 10.1. The van der Waals surface area contributed by atoms with Crippen LogP contribution in [-0.4, -0.2) is 15.3 Å². The molecule has 0 saturated carbocycles. The number of hydrogen-bond donors (Lipinski definition) is 0. The minimum Gasteiger partial charge on any atom is -0.329 e. The van der Waals surface area contributed by atoms with Crippen LogP contribution >= 0.6 is 11.6 Å². The summed E-state index contributed by atoms with van der Waals surface area (Å²) in [6.45, 7) is 2.74. The van der Waals surface area contributed by atoms with Crippen LogP contribution in [0.15, 0.2) is 36.7 Å². The molecule has 0 fully saturated rings. The van der Waals surface area contributed by atoms with E-state index < -0.39 is 0 Å². The van der Waals surface area contributed by atoms with Gasteiger partial charge in [-0.1, -0.05) is 23.7 Å². The number of aromatic nitrogens is 2. The van der Waals surface area contributed by atoms with Gasteiger partial charge < -0.3 is 4.57 Å². The maximum Gasteiger partial charge on any atom is 0.202 e. The molecule has 2 rings (SSSR count). The summed E-state index contributed by atoms with van der Waals surface area (Å²) in [5, 5.41) is 0.677. The molecule has 4 heteroatoms. The summed E-state index contributed by atoms with van der Waals surface area (Å²) in [6, 6.07) is 7.30. The van der Waals surface area contributed by atoms with Crippen molar-refractivity contribution in [3.63, 3.8) is 0 Å². The van der Waals surface area contributed by atoms with Crippen molar-refractivity contribution >= 4 is 17.4 Å². The number of benzene rings is 1. The Morgan fingerprint density at radius 2 is 2.06 bits per heavy atom. The maximum atomic E-state index is 12.0. The van der Waals surface area contributed by atoms with Gasteiger partial charge in [0.1, 0.15) is 0 Å². The molecule has 0 aliphatic carbocycles. The van der Waals surface area contributed by atoms with Gasteiger partial charge in [0.25, 0.3) is 0 Å². The summed E-state index contributed by atoms with van der Waals surface area (Å²) < 4.78 is 1.85. The smallest absolute Gasteiger partial charge is 0.202 e.